The first-order valence-corrected chi connectivity index (χ1v) is 11.9. The molecule has 35 heavy (non-hydrogen) atoms. The molecule has 1 aliphatic heterocycles. The lowest BCUT2D eigenvalue weighted by Crippen LogP contribution is -2.58. The number of rotatable bonds is 3. The lowest BCUT2D eigenvalue weighted by atomic mass is 9.96. The number of nitrogens with zero attached hydrogens (tertiary/aromatic N) is 5. The van der Waals surface area contributed by atoms with Crippen molar-refractivity contribution in [1.82, 2.24) is 25.1 Å². The molecule has 1 saturated heterocycles. The average molecular weight is 493 g/mol. The van der Waals surface area contributed by atoms with Gasteiger partial charge in [0.25, 0.3) is 0 Å². The quantitative estimate of drug-likeness (QED) is 0.398. The Labute approximate surface area is 207 Å². The Balaban J connectivity index is 1.68. The van der Waals surface area contributed by atoms with E-state index in [-0.39, 0.29) is 28.5 Å². The number of anilines is 1. The van der Waals surface area contributed by atoms with Crippen molar-refractivity contribution < 1.29 is 9.18 Å². The molecule has 4 aromatic rings. The van der Waals surface area contributed by atoms with Gasteiger partial charge in [0, 0.05) is 47.1 Å². The summed E-state index contributed by atoms with van der Waals surface area (Å²) < 4.78 is 16.2. The van der Waals surface area contributed by atoms with Crippen LogP contribution in [0.1, 0.15) is 25.2 Å². The summed E-state index contributed by atoms with van der Waals surface area (Å²) in [6.07, 6.45) is 3.04. The third-order valence-electron chi connectivity index (χ3n) is 6.70. The van der Waals surface area contributed by atoms with Gasteiger partial charge in [-0.3, -0.25) is 9.89 Å². The third-order valence-corrected chi connectivity index (χ3v) is 7.00. The number of carbonyl (C=O) groups excluding carboxylic acids is 1. The van der Waals surface area contributed by atoms with E-state index in [1.165, 1.54) is 6.08 Å². The molecule has 7 nitrogen and oxygen atoms in total. The zero-order valence-corrected chi connectivity index (χ0v) is 20.8. The highest BCUT2D eigenvalue weighted by Gasteiger charge is 2.33. The molecule has 5 rings (SSSR count). The van der Waals surface area contributed by atoms with Crippen LogP contribution in [-0.2, 0) is 4.79 Å². The van der Waals surface area contributed by atoms with Crippen LogP contribution in [0.5, 0.6) is 0 Å². The summed E-state index contributed by atoms with van der Waals surface area (Å²) in [5, 5.41) is 8.78. The molecule has 1 fully saturated rings. The first-order chi connectivity index (χ1) is 16.7. The molecule has 2 aromatic heterocycles. The highest BCUT2D eigenvalue weighted by atomic mass is 35.5. The number of benzene rings is 2. The molecule has 3 heterocycles. The van der Waals surface area contributed by atoms with E-state index in [2.05, 4.69) is 31.6 Å². The zero-order chi connectivity index (χ0) is 25.0. The Morgan fingerprint density at radius 3 is 2.60 bits per heavy atom. The number of fused-ring (bicyclic) bond motifs is 2. The Kier molecular flexibility index (Phi) is 5.71. The van der Waals surface area contributed by atoms with Crippen molar-refractivity contribution >= 4 is 45.1 Å². The van der Waals surface area contributed by atoms with Gasteiger partial charge in [0.05, 0.1) is 16.7 Å². The molecular weight excluding hydrogens is 467 g/mol. The van der Waals surface area contributed by atoms with Crippen LogP contribution in [-0.4, -0.2) is 56.1 Å². The van der Waals surface area contributed by atoms with E-state index in [0.717, 1.165) is 16.5 Å². The predicted molar refractivity (Wildman–Crippen MR) is 137 cm³/mol. The van der Waals surface area contributed by atoms with Crippen molar-refractivity contribution in [2.75, 3.05) is 18.0 Å². The maximum atomic E-state index is 16.2. The molecule has 1 N–H and O–H groups in total. The van der Waals surface area contributed by atoms with E-state index >= 15 is 4.39 Å². The molecule has 1 aliphatic rings. The summed E-state index contributed by atoms with van der Waals surface area (Å²) in [7, 11) is 0. The van der Waals surface area contributed by atoms with Crippen LogP contribution in [0.3, 0.4) is 0 Å². The first kappa shape index (κ1) is 23.2. The van der Waals surface area contributed by atoms with E-state index in [0.29, 0.717) is 41.2 Å². The number of piperazine rings is 1. The van der Waals surface area contributed by atoms with Crippen molar-refractivity contribution in [3.05, 3.63) is 59.3 Å². The predicted octanol–water partition coefficient (Wildman–Crippen LogP) is 5.19. The van der Waals surface area contributed by atoms with Crippen LogP contribution in [0, 0.1) is 19.7 Å². The molecule has 180 valence electrons. The van der Waals surface area contributed by atoms with Gasteiger partial charge < -0.3 is 9.80 Å². The van der Waals surface area contributed by atoms with Gasteiger partial charge in [-0.2, -0.15) is 5.10 Å². The fourth-order valence-electron chi connectivity index (χ4n) is 5.23. The van der Waals surface area contributed by atoms with Crippen molar-refractivity contribution in [1.29, 1.82) is 0 Å². The number of carbonyl (C=O) groups is 1. The highest BCUT2D eigenvalue weighted by molar-refractivity contribution is 6.35. The second kappa shape index (κ2) is 8.61. The molecule has 0 aliphatic carbocycles. The summed E-state index contributed by atoms with van der Waals surface area (Å²) in [6, 6.07) is 5.46. The highest BCUT2D eigenvalue weighted by Crippen LogP contribution is 2.41. The van der Waals surface area contributed by atoms with Gasteiger partial charge in [0.1, 0.15) is 17.2 Å². The number of aromatic amines is 1. The van der Waals surface area contributed by atoms with Crippen LogP contribution in [0.2, 0.25) is 5.02 Å². The molecule has 0 radical (unpaired) electrons. The maximum Gasteiger partial charge on any atom is 0.246 e. The maximum absolute atomic E-state index is 16.2. The normalized spacial score (nSPS) is 18.5. The van der Waals surface area contributed by atoms with Gasteiger partial charge >= 0.3 is 0 Å². The number of aryl methyl sites for hydroxylation is 2. The van der Waals surface area contributed by atoms with Crippen LogP contribution < -0.4 is 4.90 Å². The number of halogens is 2. The minimum absolute atomic E-state index is 0.0743. The van der Waals surface area contributed by atoms with E-state index in [1.54, 1.807) is 19.2 Å². The Morgan fingerprint density at radius 2 is 1.91 bits per heavy atom. The lowest BCUT2D eigenvalue weighted by Gasteiger charge is -2.44. The number of H-pyrrole nitrogens is 1. The number of hydrogen-bond donors (Lipinski definition) is 1. The number of hydrogen-bond acceptors (Lipinski definition) is 5. The Hall–Kier alpha value is -3.52. The Morgan fingerprint density at radius 1 is 1.20 bits per heavy atom. The molecule has 9 heteroatoms. The summed E-state index contributed by atoms with van der Waals surface area (Å²) in [4.78, 5) is 25.4. The molecule has 2 aromatic carbocycles. The van der Waals surface area contributed by atoms with E-state index < -0.39 is 5.82 Å². The fraction of sp³-hybridized carbons (Fsp3) is 0.308. The summed E-state index contributed by atoms with van der Waals surface area (Å²) in [5.74, 6) is 0.475. The molecule has 0 bridgehead atoms. The minimum atomic E-state index is -0.494. The van der Waals surface area contributed by atoms with Gasteiger partial charge in [-0.25, -0.2) is 14.4 Å². The molecule has 0 saturated carbocycles. The summed E-state index contributed by atoms with van der Waals surface area (Å²) >= 11 is 6.76. The number of amides is 1. The minimum Gasteiger partial charge on any atom is -0.352 e. The van der Waals surface area contributed by atoms with E-state index in [1.807, 2.05) is 37.8 Å². The van der Waals surface area contributed by atoms with Gasteiger partial charge in [-0.15, -0.1) is 0 Å². The molecule has 0 unspecified atom stereocenters. The number of aromatic nitrogens is 4. The van der Waals surface area contributed by atoms with E-state index in [4.69, 9.17) is 11.6 Å². The van der Waals surface area contributed by atoms with Gasteiger partial charge in [0.15, 0.2) is 5.82 Å². The summed E-state index contributed by atoms with van der Waals surface area (Å²) in [5.41, 5.74) is 2.77. The molecule has 1 amide bonds. The monoisotopic (exact) mass is 492 g/mol. The average Bonchev–Trinajstić information content (AvgIpc) is 3.29. The zero-order valence-electron chi connectivity index (χ0n) is 20.1. The Bertz CT molecular complexity index is 1490. The summed E-state index contributed by atoms with van der Waals surface area (Å²) in [6.45, 7) is 12.3. The van der Waals surface area contributed by atoms with Crippen LogP contribution in [0.4, 0.5) is 10.2 Å². The second-order valence-corrected chi connectivity index (χ2v) is 9.59. The van der Waals surface area contributed by atoms with Crippen LogP contribution in [0.15, 0.2) is 37.1 Å². The van der Waals surface area contributed by atoms with Gasteiger partial charge in [0.2, 0.25) is 5.91 Å². The first-order valence-electron chi connectivity index (χ1n) is 11.5. The van der Waals surface area contributed by atoms with Crippen molar-refractivity contribution in [3.8, 4) is 11.1 Å². The largest absolute Gasteiger partial charge is 0.352 e. The van der Waals surface area contributed by atoms with Gasteiger partial charge in [-0.05, 0) is 45.4 Å². The second-order valence-electron chi connectivity index (χ2n) is 9.18. The van der Waals surface area contributed by atoms with E-state index in [9.17, 15) is 4.79 Å². The van der Waals surface area contributed by atoms with Crippen molar-refractivity contribution in [2.45, 2.75) is 39.8 Å². The molecular formula is C26H26ClFN6O. The molecule has 0 spiro atoms. The fourth-order valence-corrected chi connectivity index (χ4v) is 5.52. The standard InChI is InChI=1S/C26H26ClFN6O/c1-6-20(35)34-14(3)11-33(12-15(34)4)26-18-9-19(27)22(23(28)25(18)30-16(5)31-26)21-13(2)7-8-17-10-29-32-24(17)21/h6-10,14-15H,1,11-12H2,2-5H3,(H,29,32)/t14-,15+. The SMILES string of the molecule is C=CC(=O)N1[C@H](C)CN(c2nc(C)nc3c(F)c(-c4c(C)ccc5cn[nH]c45)c(Cl)cc23)C[C@@H]1C. The third kappa shape index (κ3) is 3.72. The van der Waals surface area contributed by atoms with Crippen molar-refractivity contribution in [2.24, 2.45) is 0 Å². The number of nitrogens with one attached hydrogen (secondary N) is 1. The smallest absolute Gasteiger partial charge is 0.246 e. The lowest BCUT2D eigenvalue weighted by molar-refractivity contribution is -0.130. The van der Waals surface area contributed by atoms with Crippen molar-refractivity contribution in [3.63, 3.8) is 0 Å². The van der Waals surface area contributed by atoms with Crippen LogP contribution >= 0.6 is 11.6 Å². The van der Waals surface area contributed by atoms with Gasteiger partial charge in [-0.1, -0.05) is 30.3 Å². The molecule has 2 atom stereocenters. The topological polar surface area (TPSA) is 78.0 Å². The van der Waals surface area contributed by atoms with Crippen LogP contribution in [0.25, 0.3) is 32.9 Å².